The Morgan fingerprint density at radius 1 is 1.06 bits per heavy atom. The minimum Gasteiger partial charge on any atom is -0.321 e. The largest absolute Gasteiger partial charge is 0.321 e. The molecule has 0 saturated carbocycles. The molecule has 2 aromatic carbocycles. The van der Waals surface area contributed by atoms with Crippen LogP contribution in [0, 0.1) is 5.82 Å². The zero-order valence-electron chi connectivity index (χ0n) is 17.6. The second-order valence-electron chi connectivity index (χ2n) is 7.42. The van der Waals surface area contributed by atoms with Crippen molar-refractivity contribution in [2.45, 2.75) is 11.8 Å². The molecule has 0 radical (unpaired) electrons. The van der Waals surface area contributed by atoms with E-state index in [-0.39, 0.29) is 16.3 Å². The number of hydrogen-bond donors (Lipinski definition) is 1. The number of sulfonamides is 1. The number of para-hydroxylation sites is 1. The summed E-state index contributed by atoms with van der Waals surface area (Å²) in [4.78, 5) is 14.9. The maximum Gasteiger partial charge on any atom is 0.276 e. The van der Waals surface area contributed by atoms with Gasteiger partial charge in [-0.3, -0.25) is 4.79 Å². The number of likely N-dealkylation sites (N-methyl/N-ethyl adjacent to an activating group) is 1. The Labute approximate surface area is 186 Å². The average molecular weight is 458 g/mol. The summed E-state index contributed by atoms with van der Waals surface area (Å²) >= 11 is 0. The Hall–Kier alpha value is -3.08. The molecule has 2 heterocycles. The van der Waals surface area contributed by atoms with Crippen molar-refractivity contribution in [1.82, 2.24) is 19.0 Å². The fraction of sp³-hybridized carbons (Fsp3) is 0.273. The predicted molar refractivity (Wildman–Crippen MR) is 119 cm³/mol. The highest BCUT2D eigenvalue weighted by molar-refractivity contribution is 7.89. The van der Waals surface area contributed by atoms with Crippen molar-refractivity contribution in [3.05, 3.63) is 72.3 Å². The third-order valence-corrected chi connectivity index (χ3v) is 7.32. The van der Waals surface area contributed by atoms with E-state index in [0.717, 1.165) is 6.54 Å². The van der Waals surface area contributed by atoms with E-state index in [0.29, 0.717) is 31.9 Å². The Morgan fingerprint density at radius 3 is 2.53 bits per heavy atom. The van der Waals surface area contributed by atoms with Gasteiger partial charge in [0.1, 0.15) is 11.5 Å². The molecule has 0 unspecified atom stereocenters. The number of anilines is 1. The fourth-order valence-corrected chi connectivity index (χ4v) is 5.05. The average Bonchev–Trinajstić information content (AvgIpc) is 3.30. The van der Waals surface area contributed by atoms with Gasteiger partial charge in [0.05, 0.1) is 4.90 Å². The van der Waals surface area contributed by atoms with Crippen molar-refractivity contribution < 1.29 is 17.6 Å². The molecule has 3 aromatic rings. The molecule has 1 aliphatic heterocycles. The van der Waals surface area contributed by atoms with Crippen LogP contribution < -0.4 is 5.32 Å². The first-order valence-electron chi connectivity index (χ1n) is 10.3. The number of rotatable bonds is 6. The lowest BCUT2D eigenvalue weighted by Gasteiger charge is -2.33. The van der Waals surface area contributed by atoms with Crippen LogP contribution in [0.25, 0.3) is 5.69 Å². The predicted octanol–water partition coefficient (Wildman–Crippen LogP) is 2.59. The highest BCUT2D eigenvalue weighted by atomic mass is 32.2. The van der Waals surface area contributed by atoms with E-state index >= 15 is 0 Å². The summed E-state index contributed by atoms with van der Waals surface area (Å²) in [6.07, 6.45) is 1.49. The van der Waals surface area contributed by atoms with Crippen LogP contribution in [0.3, 0.4) is 0 Å². The molecule has 0 aliphatic carbocycles. The van der Waals surface area contributed by atoms with Gasteiger partial charge in [-0.15, -0.1) is 0 Å². The molecule has 4 rings (SSSR count). The third kappa shape index (κ3) is 4.57. The van der Waals surface area contributed by atoms with Gasteiger partial charge in [-0.05, 0) is 42.9 Å². The number of aromatic nitrogens is 2. The van der Waals surface area contributed by atoms with Gasteiger partial charge in [0, 0.05) is 38.1 Å². The highest BCUT2D eigenvalue weighted by Gasteiger charge is 2.28. The lowest BCUT2D eigenvalue weighted by Crippen LogP contribution is -2.48. The number of nitrogens with zero attached hydrogens (tertiary/aromatic N) is 4. The van der Waals surface area contributed by atoms with Gasteiger partial charge >= 0.3 is 0 Å². The van der Waals surface area contributed by atoms with Gasteiger partial charge in [-0.2, -0.15) is 9.40 Å². The van der Waals surface area contributed by atoms with Crippen molar-refractivity contribution in [2.24, 2.45) is 0 Å². The third-order valence-electron chi connectivity index (χ3n) is 5.43. The number of halogens is 1. The van der Waals surface area contributed by atoms with Gasteiger partial charge in [0.25, 0.3) is 5.91 Å². The smallest absolute Gasteiger partial charge is 0.276 e. The SMILES string of the molecule is CCN1CCN(S(=O)(=O)c2cccc(NC(=O)c3ccn(-c4ccccc4F)n3)c2)CC1. The lowest BCUT2D eigenvalue weighted by atomic mass is 10.3. The number of piperazine rings is 1. The van der Waals surface area contributed by atoms with E-state index in [1.165, 1.54) is 39.4 Å². The molecule has 168 valence electrons. The van der Waals surface area contributed by atoms with Gasteiger partial charge in [0.2, 0.25) is 10.0 Å². The van der Waals surface area contributed by atoms with Crippen molar-refractivity contribution in [3.63, 3.8) is 0 Å². The minimum absolute atomic E-state index is 0.0807. The monoisotopic (exact) mass is 457 g/mol. The Bertz CT molecular complexity index is 1220. The summed E-state index contributed by atoms with van der Waals surface area (Å²) in [5, 5.41) is 6.80. The Morgan fingerprint density at radius 2 is 1.81 bits per heavy atom. The second-order valence-corrected chi connectivity index (χ2v) is 9.36. The number of hydrogen-bond acceptors (Lipinski definition) is 5. The molecule has 0 spiro atoms. The highest BCUT2D eigenvalue weighted by Crippen LogP contribution is 2.21. The molecule has 10 heteroatoms. The summed E-state index contributed by atoms with van der Waals surface area (Å²) in [5.74, 6) is -0.980. The number of carbonyl (C=O) groups is 1. The summed E-state index contributed by atoms with van der Waals surface area (Å²) in [7, 11) is -3.66. The first kappa shape index (κ1) is 22.1. The van der Waals surface area contributed by atoms with Crippen molar-refractivity contribution in [1.29, 1.82) is 0 Å². The minimum atomic E-state index is -3.66. The van der Waals surface area contributed by atoms with Crippen LogP contribution in [0.2, 0.25) is 0 Å². The first-order valence-corrected chi connectivity index (χ1v) is 11.8. The molecular weight excluding hydrogens is 433 g/mol. The number of benzene rings is 2. The molecule has 1 aliphatic rings. The lowest BCUT2D eigenvalue weighted by molar-refractivity contribution is 0.102. The van der Waals surface area contributed by atoms with Crippen molar-refractivity contribution in [2.75, 3.05) is 38.0 Å². The zero-order chi connectivity index (χ0) is 22.7. The molecule has 0 bridgehead atoms. The number of carbonyl (C=O) groups excluding carboxylic acids is 1. The van der Waals surface area contributed by atoms with E-state index in [1.807, 2.05) is 0 Å². The number of amides is 1. The van der Waals surface area contributed by atoms with Gasteiger partial charge in [0.15, 0.2) is 5.69 Å². The molecule has 1 amide bonds. The normalized spacial score (nSPS) is 15.6. The molecule has 1 N–H and O–H groups in total. The van der Waals surface area contributed by atoms with Crippen LogP contribution in [0.4, 0.5) is 10.1 Å². The first-order chi connectivity index (χ1) is 15.4. The van der Waals surface area contributed by atoms with E-state index in [2.05, 4.69) is 22.2 Å². The maximum atomic E-state index is 14.0. The quantitative estimate of drug-likeness (QED) is 0.615. The molecule has 1 aromatic heterocycles. The zero-order valence-corrected chi connectivity index (χ0v) is 18.4. The molecule has 32 heavy (non-hydrogen) atoms. The number of nitrogens with one attached hydrogen (secondary N) is 1. The van der Waals surface area contributed by atoms with Crippen molar-refractivity contribution >= 4 is 21.6 Å². The van der Waals surface area contributed by atoms with Gasteiger partial charge < -0.3 is 10.2 Å². The Balaban J connectivity index is 1.49. The fourth-order valence-electron chi connectivity index (χ4n) is 3.58. The van der Waals surface area contributed by atoms with E-state index in [9.17, 15) is 17.6 Å². The topological polar surface area (TPSA) is 87.5 Å². The van der Waals surface area contributed by atoms with Crippen LogP contribution in [0.5, 0.6) is 0 Å². The summed E-state index contributed by atoms with van der Waals surface area (Å²) in [6.45, 7) is 5.19. The summed E-state index contributed by atoms with van der Waals surface area (Å²) < 4.78 is 42.8. The van der Waals surface area contributed by atoms with Crippen LogP contribution in [0.1, 0.15) is 17.4 Å². The van der Waals surface area contributed by atoms with Gasteiger partial charge in [-0.1, -0.05) is 25.1 Å². The van der Waals surface area contributed by atoms with E-state index < -0.39 is 21.7 Å². The van der Waals surface area contributed by atoms with E-state index in [4.69, 9.17) is 0 Å². The molecule has 8 nitrogen and oxygen atoms in total. The molecular formula is C22H24FN5O3S. The van der Waals surface area contributed by atoms with Crippen LogP contribution >= 0.6 is 0 Å². The van der Waals surface area contributed by atoms with E-state index in [1.54, 1.807) is 30.3 Å². The Kier molecular flexibility index (Phi) is 6.35. The summed E-state index contributed by atoms with van der Waals surface area (Å²) in [5.41, 5.74) is 0.642. The summed E-state index contributed by atoms with van der Waals surface area (Å²) in [6, 6.07) is 13.7. The van der Waals surface area contributed by atoms with Gasteiger partial charge in [-0.25, -0.2) is 17.5 Å². The molecule has 1 fully saturated rings. The molecule has 1 saturated heterocycles. The standard InChI is InChI=1S/C22H24FN5O3S/c1-2-26-12-14-27(15-13-26)32(30,31)18-7-5-6-17(16-18)24-22(29)20-10-11-28(25-20)21-9-4-3-8-19(21)23/h3-11,16H,2,12-15H2,1H3,(H,24,29). The van der Waals surface area contributed by atoms with Crippen LogP contribution in [-0.2, 0) is 10.0 Å². The van der Waals surface area contributed by atoms with Crippen LogP contribution in [-0.4, -0.2) is 66.0 Å². The maximum absolute atomic E-state index is 14.0. The van der Waals surface area contributed by atoms with Crippen LogP contribution in [0.15, 0.2) is 65.7 Å². The van der Waals surface area contributed by atoms with Crippen molar-refractivity contribution in [3.8, 4) is 5.69 Å². The molecule has 0 atom stereocenters. The second kappa shape index (κ2) is 9.19.